The minimum atomic E-state index is -0.0718. The number of halogens is 1. The Kier molecular flexibility index (Phi) is 7.42. The van der Waals surface area contributed by atoms with E-state index in [4.69, 9.17) is 14.2 Å². The van der Waals surface area contributed by atoms with E-state index in [-0.39, 0.29) is 6.29 Å². The van der Waals surface area contributed by atoms with E-state index >= 15 is 0 Å². The third kappa shape index (κ3) is 5.11. The Hall–Kier alpha value is -0.850. The number of pyridine rings is 1. The van der Waals surface area contributed by atoms with Crippen LogP contribution in [0.25, 0.3) is 0 Å². The van der Waals surface area contributed by atoms with Crippen LogP contribution in [0.15, 0.2) is 16.7 Å². The molecule has 1 aliphatic heterocycles. The number of aromatic nitrogens is 1. The maximum atomic E-state index is 5.81. The largest absolute Gasteiger partial charge is 0.474 e. The zero-order valence-electron chi connectivity index (χ0n) is 13.4. The third-order valence-corrected chi connectivity index (χ3v) is 4.10. The van der Waals surface area contributed by atoms with Crippen LogP contribution in [0.3, 0.4) is 0 Å². The lowest BCUT2D eigenvalue weighted by atomic mass is 10.2. The zero-order valence-corrected chi connectivity index (χ0v) is 15.0. The van der Waals surface area contributed by atoms with Crippen molar-refractivity contribution in [3.05, 3.63) is 16.7 Å². The summed E-state index contributed by atoms with van der Waals surface area (Å²) >= 11 is 3.47. The Balaban J connectivity index is 1.86. The van der Waals surface area contributed by atoms with Crippen LogP contribution in [0.2, 0.25) is 0 Å². The van der Waals surface area contributed by atoms with E-state index in [1.165, 1.54) is 6.42 Å². The molecule has 0 amide bonds. The summed E-state index contributed by atoms with van der Waals surface area (Å²) in [5, 5.41) is 0. The highest BCUT2D eigenvalue weighted by Gasteiger charge is 2.15. The predicted octanol–water partition coefficient (Wildman–Crippen LogP) is 3.61. The number of anilines is 1. The van der Waals surface area contributed by atoms with Gasteiger partial charge in [0.25, 0.3) is 0 Å². The van der Waals surface area contributed by atoms with Gasteiger partial charge in [0.1, 0.15) is 12.3 Å². The van der Waals surface area contributed by atoms with Crippen LogP contribution >= 0.6 is 15.9 Å². The van der Waals surface area contributed by atoms with Crippen LogP contribution in [0, 0.1) is 0 Å². The van der Waals surface area contributed by atoms with Crippen LogP contribution in [-0.2, 0) is 9.47 Å². The van der Waals surface area contributed by atoms with Gasteiger partial charge < -0.3 is 19.1 Å². The van der Waals surface area contributed by atoms with E-state index in [9.17, 15) is 0 Å². The monoisotopic (exact) mass is 372 g/mol. The van der Waals surface area contributed by atoms with Gasteiger partial charge in [0.2, 0.25) is 5.88 Å². The molecule has 0 N–H and O–H groups in total. The van der Waals surface area contributed by atoms with Gasteiger partial charge in [0.05, 0.1) is 6.61 Å². The van der Waals surface area contributed by atoms with Crippen LogP contribution in [0.5, 0.6) is 5.88 Å². The molecule has 0 aromatic carbocycles. The van der Waals surface area contributed by atoms with Gasteiger partial charge in [-0.3, -0.25) is 0 Å². The maximum Gasteiger partial charge on any atom is 0.237 e. The summed E-state index contributed by atoms with van der Waals surface area (Å²) in [6.45, 7) is 7.86. The van der Waals surface area contributed by atoms with Crippen molar-refractivity contribution in [1.82, 2.24) is 4.98 Å². The Morgan fingerprint density at radius 2 is 2.14 bits per heavy atom. The molecule has 1 atom stereocenters. The van der Waals surface area contributed by atoms with E-state index in [0.717, 1.165) is 42.7 Å². The quantitative estimate of drug-likeness (QED) is 0.652. The van der Waals surface area contributed by atoms with Gasteiger partial charge in [0, 0.05) is 30.4 Å². The number of hydrogen-bond acceptors (Lipinski definition) is 5. The molecule has 1 unspecified atom stereocenters. The van der Waals surface area contributed by atoms with Crippen molar-refractivity contribution in [1.29, 1.82) is 0 Å². The second-order valence-corrected chi connectivity index (χ2v) is 6.08. The van der Waals surface area contributed by atoms with Crippen LogP contribution in [0.4, 0.5) is 5.69 Å². The minimum Gasteiger partial charge on any atom is -0.474 e. The molecule has 1 fully saturated rings. The molecule has 1 saturated heterocycles. The lowest BCUT2D eigenvalue weighted by Gasteiger charge is -2.24. The summed E-state index contributed by atoms with van der Waals surface area (Å²) in [5.74, 6) is 0.653. The van der Waals surface area contributed by atoms with Crippen molar-refractivity contribution < 1.29 is 14.2 Å². The summed E-state index contributed by atoms with van der Waals surface area (Å²) in [7, 11) is 0. The first-order valence-electron chi connectivity index (χ1n) is 8.01. The van der Waals surface area contributed by atoms with Crippen molar-refractivity contribution in [2.75, 3.05) is 37.8 Å². The Morgan fingerprint density at radius 1 is 1.32 bits per heavy atom. The molecule has 1 aliphatic rings. The summed E-state index contributed by atoms with van der Waals surface area (Å²) in [6.07, 6.45) is 4.96. The predicted molar refractivity (Wildman–Crippen MR) is 90.5 cm³/mol. The molecule has 124 valence electrons. The first-order valence-corrected chi connectivity index (χ1v) is 8.80. The normalized spacial score (nSPS) is 18.2. The molecule has 1 aromatic rings. The second-order valence-electron chi connectivity index (χ2n) is 5.17. The topological polar surface area (TPSA) is 43.8 Å². The molecule has 1 aromatic heterocycles. The standard InChI is InChI=1S/C16H25BrN2O3/c1-3-19(4-2)14-11-13(17)12-18-16(14)22-10-9-21-15-7-5-6-8-20-15/h11-12,15H,3-10H2,1-2H3. The van der Waals surface area contributed by atoms with E-state index < -0.39 is 0 Å². The molecule has 2 rings (SSSR count). The zero-order chi connectivity index (χ0) is 15.8. The molecular formula is C16H25BrN2O3. The summed E-state index contributed by atoms with van der Waals surface area (Å²) in [5.41, 5.74) is 1.01. The smallest absolute Gasteiger partial charge is 0.237 e. The van der Waals surface area contributed by atoms with E-state index in [0.29, 0.717) is 19.1 Å². The first-order chi connectivity index (χ1) is 10.7. The van der Waals surface area contributed by atoms with Gasteiger partial charge in [-0.2, -0.15) is 0 Å². The number of rotatable bonds is 8. The maximum absolute atomic E-state index is 5.81. The van der Waals surface area contributed by atoms with E-state index in [1.807, 2.05) is 6.07 Å². The van der Waals surface area contributed by atoms with Gasteiger partial charge in [-0.05, 0) is 55.1 Å². The van der Waals surface area contributed by atoms with Crippen LogP contribution < -0.4 is 9.64 Å². The number of ether oxygens (including phenoxy) is 3. The fourth-order valence-corrected chi connectivity index (χ4v) is 2.80. The molecule has 6 heteroatoms. The Morgan fingerprint density at radius 3 is 2.82 bits per heavy atom. The Labute approximate surface area is 141 Å². The summed E-state index contributed by atoms with van der Waals surface area (Å²) in [4.78, 5) is 6.60. The molecule has 0 spiro atoms. The highest BCUT2D eigenvalue weighted by molar-refractivity contribution is 9.10. The van der Waals surface area contributed by atoms with E-state index in [2.05, 4.69) is 39.7 Å². The number of nitrogens with zero attached hydrogens (tertiary/aromatic N) is 2. The van der Waals surface area contributed by atoms with Gasteiger partial charge in [-0.15, -0.1) is 0 Å². The van der Waals surface area contributed by atoms with Gasteiger partial charge in [-0.25, -0.2) is 4.98 Å². The molecular weight excluding hydrogens is 348 g/mol. The average molecular weight is 373 g/mol. The van der Waals surface area contributed by atoms with Crippen molar-refractivity contribution in [3.63, 3.8) is 0 Å². The molecule has 0 aliphatic carbocycles. The lowest BCUT2D eigenvalue weighted by molar-refractivity contribution is -0.165. The molecule has 22 heavy (non-hydrogen) atoms. The molecule has 0 bridgehead atoms. The van der Waals surface area contributed by atoms with Crippen molar-refractivity contribution in [2.24, 2.45) is 0 Å². The lowest BCUT2D eigenvalue weighted by Crippen LogP contribution is -2.25. The molecule has 5 nitrogen and oxygen atoms in total. The summed E-state index contributed by atoms with van der Waals surface area (Å²) in [6, 6.07) is 2.04. The van der Waals surface area contributed by atoms with Crippen LogP contribution in [-0.4, -0.2) is 44.2 Å². The van der Waals surface area contributed by atoms with Gasteiger partial charge in [0.15, 0.2) is 6.29 Å². The molecule has 2 heterocycles. The average Bonchev–Trinajstić information content (AvgIpc) is 2.55. The van der Waals surface area contributed by atoms with Crippen molar-refractivity contribution in [3.8, 4) is 5.88 Å². The van der Waals surface area contributed by atoms with Crippen molar-refractivity contribution >= 4 is 21.6 Å². The van der Waals surface area contributed by atoms with Gasteiger partial charge in [-0.1, -0.05) is 0 Å². The molecule has 0 saturated carbocycles. The van der Waals surface area contributed by atoms with Crippen LogP contribution in [0.1, 0.15) is 33.1 Å². The highest BCUT2D eigenvalue weighted by atomic mass is 79.9. The first kappa shape index (κ1) is 17.5. The third-order valence-electron chi connectivity index (χ3n) is 3.67. The fraction of sp³-hybridized carbons (Fsp3) is 0.688. The fourth-order valence-electron chi connectivity index (χ4n) is 2.48. The minimum absolute atomic E-state index is 0.0718. The SMILES string of the molecule is CCN(CC)c1cc(Br)cnc1OCCOC1CCCCO1. The Bertz CT molecular complexity index is 449. The van der Waals surface area contributed by atoms with E-state index in [1.54, 1.807) is 6.20 Å². The van der Waals surface area contributed by atoms with Gasteiger partial charge >= 0.3 is 0 Å². The van der Waals surface area contributed by atoms with Crippen molar-refractivity contribution in [2.45, 2.75) is 39.4 Å². The second kappa shape index (κ2) is 9.33. The number of hydrogen-bond donors (Lipinski definition) is 0. The molecule has 0 radical (unpaired) electrons. The summed E-state index contributed by atoms with van der Waals surface area (Å²) < 4.78 is 18.0. The highest BCUT2D eigenvalue weighted by Crippen LogP contribution is 2.29.